The maximum atomic E-state index is 13.2. The normalized spacial score (nSPS) is 18.4. The summed E-state index contributed by atoms with van der Waals surface area (Å²) in [6.45, 7) is 5.70. The summed E-state index contributed by atoms with van der Waals surface area (Å²) in [4.78, 5) is 51.4. The Morgan fingerprint density at radius 2 is 0.765 bits per heavy atom. The molecule has 3 N–H and O–H groups in total. The molecule has 6 unspecified atom stereocenters. The van der Waals surface area contributed by atoms with E-state index in [0.29, 0.717) is 25.7 Å². The van der Waals surface area contributed by atoms with E-state index < -0.39 is 67.3 Å². The fourth-order valence-electron chi connectivity index (χ4n) is 8.94. The molecule has 0 saturated carbocycles. The standard InChI is InChI=1S/C73H114O12/c1-4-7-10-13-16-19-22-25-28-31-33-36-38-41-44-47-50-53-56-59-65(74)81-62-64(83-66(75)60-57-54-51-48-45-42-39-35-30-27-24-21-18-15-12-9-6-3)63-82-73-71(69(78)68(77)70(85-73)72(79)80)84-67(76)61-58-55-52-49-46-43-40-37-34-32-29-26-23-20-17-14-11-8-5-2/h8-9,11-12,16-21,25-30,34,37,39,42-43,46,52,55,64,68-71,73,77-78H,4-7,10,13-15,22-24,31-33,35-36,38,40-41,44-45,47-51,53-54,56-63H2,1-3H3,(H,79,80)/b11-8-,12-9-,19-16-,20-17-,21-18-,28-25-,29-26-,30-27-,37-34-,42-39-,46-43-,55-52-. The molecule has 0 aromatic rings. The van der Waals surface area contributed by atoms with Crippen molar-refractivity contribution in [3.63, 3.8) is 0 Å². The summed E-state index contributed by atoms with van der Waals surface area (Å²) < 4.78 is 28.4. The number of allylic oxidation sites excluding steroid dienone is 24. The fraction of sp³-hybridized carbons (Fsp3) is 0.616. The van der Waals surface area contributed by atoms with Crippen molar-refractivity contribution in [3.8, 4) is 0 Å². The number of carboxylic acid groups (broad SMARTS) is 1. The molecule has 1 saturated heterocycles. The average molecular weight is 1180 g/mol. The molecule has 6 atom stereocenters. The van der Waals surface area contributed by atoms with Gasteiger partial charge in [-0.05, 0) is 128 Å². The van der Waals surface area contributed by atoms with E-state index in [9.17, 15) is 34.5 Å². The SMILES string of the molecule is CC/C=C\C/C=C\C/C=C\C/C=C\C/C=C\C/C=C\CCC(=O)OC1C(OCC(COC(=O)CCCCCCCCCCC/C=C\C/C=C\CCCCC)OC(=O)CCCCCC/C=C\C/C=C\C/C=C\C/C=C\CC)OC(C(=O)O)C(O)C1O. The van der Waals surface area contributed by atoms with E-state index in [-0.39, 0.29) is 25.9 Å². The summed E-state index contributed by atoms with van der Waals surface area (Å²) in [6, 6.07) is 0. The number of hydrogen-bond donors (Lipinski definition) is 3. The highest BCUT2D eigenvalue weighted by Crippen LogP contribution is 2.26. The molecule has 1 fully saturated rings. The van der Waals surface area contributed by atoms with Crippen molar-refractivity contribution in [1.29, 1.82) is 0 Å². The quantitative estimate of drug-likeness (QED) is 0.0228. The number of hydrogen-bond acceptors (Lipinski definition) is 11. The van der Waals surface area contributed by atoms with Gasteiger partial charge in [0, 0.05) is 19.3 Å². The van der Waals surface area contributed by atoms with E-state index in [1.807, 2.05) is 18.2 Å². The lowest BCUT2D eigenvalue weighted by molar-refractivity contribution is -0.301. The minimum atomic E-state index is -1.94. The van der Waals surface area contributed by atoms with Crippen molar-refractivity contribution < 1.29 is 58.2 Å². The minimum Gasteiger partial charge on any atom is -0.479 e. The maximum Gasteiger partial charge on any atom is 0.335 e. The molecule has 0 amide bonds. The molecule has 0 radical (unpaired) electrons. The van der Waals surface area contributed by atoms with Gasteiger partial charge >= 0.3 is 23.9 Å². The van der Waals surface area contributed by atoms with Gasteiger partial charge in [0.2, 0.25) is 0 Å². The van der Waals surface area contributed by atoms with Crippen molar-refractivity contribution in [3.05, 3.63) is 146 Å². The van der Waals surface area contributed by atoms with E-state index in [2.05, 4.69) is 148 Å². The number of carboxylic acids is 1. The van der Waals surface area contributed by atoms with Gasteiger partial charge in [0.1, 0.15) is 18.8 Å². The van der Waals surface area contributed by atoms with Gasteiger partial charge in [0.15, 0.2) is 24.6 Å². The molecular weight excluding hydrogens is 1070 g/mol. The largest absolute Gasteiger partial charge is 0.479 e. The van der Waals surface area contributed by atoms with Crippen LogP contribution in [0.1, 0.15) is 239 Å². The highest BCUT2D eigenvalue weighted by Gasteiger charge is 2.50. The number of rotatable bonds is 54. The van der Waals surface area contributed by atoms with Gasteiger partial charge in [-0.15, -0.1) is 0 Å². The number of aliphatic hydroxyl groups is 2. The average Bonchev–Trinajstić information content (AvgIpc) is 2.79. The highest BCUT2D eigenvalue weighted by molar-refractivity contribution is 5.74. The second-order valence-electron chi connectivity index (χ2n) is 21.6. The number of carbonyl (C=O) groups excluding carboxylic acids is 3. The van der Waals surface area contributed by atoms with Crippen molar-refractivity contribution >= 4 is 23.9 Å². The van der Waals surface area contributed by atoms with Gasteiger partial charge in [0.25, 0.3) is 0 Å². The third-order valence-electron chi connectivity index (χ3n) is 13.9. The van der Waals surface area contributed by atoms with E-state index in [1.54, 1.807) is 0 Å². The second kappa shape index (κ2) is 59.0. The monoisotopic (exact) mass is 1180 g/mol. The van der Waals surface area contributed by atoms with Crippen LogP contribution in [0.2, 0.25) is 0 Å². The summed E-state index contributed by atoms with van der Waals surface area (Å²) in [7, 11) is 0. The summed E-state index contributed by atoms with van der Waals surface area (Å²) >= 11 is 0. The first-order valence-electron chi connectivity index (χ1n) is 32.8. The van der Waals surface area contributed by atoms with Crippen LogP contribution in [0, 0.1) is 0 Å². The fourth-order valence-corrected chi connectivity index (χ4v) is 8.94. The van der Waals surface area contributed by atoms with Crippen LogP contribution in [0.5, 0.6) is 0 Å². The molecule has 1 rings (SSSR count). The number of unbranched alkanes of at least 4 members (excludes halogenated alkanes) is 16. The summed E-state index contributed by atoms with van der Waals surface area (Å²) in [5.74, 6) is -3.28. The van der Waals surface area contributed by atoms with Crippen LogP contribution >= 0.6 is 0 Å². The summed E-state index contributed by atoms with van der Waals surface area (Å²) in [5, 5.41) is 31.6. The Hall–Kier alpha value is -5.40. The zero-order valence-electron chi connectivity index (χ0n) is 52.8. The van der Waals surface area contributed by atoms with Crippen LogP contribution in [-0.4, -0.2) is 89.2 Å². The predicted molar refractivity (Wildman–Crippen MR) is 349 cm³/mol. The van der Waals surface area contributed by atoms with Gasteiger partial charge in [-0.2, -0.15) is 0 Å². The number of aliphatic carboxylic acids is 1. The van der Waals surface area contributed by atoms with Gasteiger partial charge in [-0.25, -0.2) is 4.79 Å². The second-order valence-corrected chi connectivity index (χ2v) is 21.6. The lowest BCUT2D eigenvalue weighted by Gasteiger charge is -2.40. The molecule has 85 heavy (non-hydrogen) atoms. The Kier molecular flexibility index (Phi) is 53.8. The Balaban J connectivity index is 2.73. The number of esters is 3. The van der Waals surface area contributed by atoms with Crippen molar-refractivity contribution in [2.75, 3.05) is 13.2 Å². The molecule has 0 aromatic heterocycles. The molecule has 0 spiro atoms. The van der Waals surface area contributed by atoms with Crippen molar-refractivity contribution in [2.45, 2.75) is 276 Å². The van der Waals surface area contributed by atoms with Crippen LogP contribution < -0.4 is 0 Å². The van der Waals surface area contributed by atoms with E-state index in [4.69, 9.17) is 23.7 Å². The molecule has 1 aliphatic rings. The Bertz CT molecular complexity index is 2030. The molecule has 478 valence electrons. The third kappa shape index (κ3) is 48.4. The first-order chi connectivity index (χ1) is 41.6. The van der Waals surface area contributed by atoms with E-state index in [0.717, 1.165) is 116 Å². The third-order valence-corrected chi connectivity index (χ3v) is 13.9. The zero-order valence-corrected chi connectivity index (χ0v) is 52.8. The van der Waals surface area contributed by atoms with Gasteiger partial charge < -0.3 is 39.0 Å². The smallest absolute Gasteiger partial charge is 0.335 e. The molecule has 12 nitrogen and oxygen atoms in total. The van der Waals surface area contributed by atoms with Crippen LogP contribution in [0.3, 0.4) is 0 Å². The number of aliphatic hydroxyl groups excluding tert-OH is 2. The first-order valence-corrected chi connectivity index (χ1v) is 32.8. The van der Waals surface area contributed by atoms with Gasteiger partial charge in [-0.1, -0.05) is 237 Å². The Morgan fingerprint density at radius 3 is 1.18 bits per heavy atom. The maximum absolute atomic E-state index is 13.2. The van der Waals surface area contributed by atoms with Crippen LogP contribution in [-0.2, 0) is 42.9 Å². The number of ether oxygens (including phenoxy) is 5. The Labute approximate surface area is 514 Å². The zero-order chi connectivity index (χ0) is 61.7. The van der Waals surface area contributed by atoms with Crippen molar-refractivity contribution in [2.24, 2.45) is 0 Å². The van der Waals surface area contributed by atoms with Crippen LogP contribution in [0.15, 0.2) is 146 Å². The van der Waals surface area contributed by atoms with E-state index in [1.165, 1.54) is 57.8 Å². The lowest BCUT2D eigenvalue weighted by atomic mass is 9.98. The molecule has 1 aliphatic heterocycles. The molecule has 0 bridgehead atoms. The summed E-state index contributed by atoms with van der Waals surface area (Å²) in [6.07, 6.45) is 72.4. The van der Waals surface area contributed by atoms with E-state index >= 15 is 0 Å². The Morgan fingerprint density at radius 1 is 0.400 bits per heavy atom. The van der Waals surface area contributed by atoms with Crippen LogP contribution in [0.25, 0.3) is 0 Å². The minimum absolute atomic E-state index is 0.0760. The van der Waals surface area contributed by atoms with Crippen LogP contribution in [0.4, 0.5) is 0 Å². The van der Waals surface area contributed by atoms with Gasteiger partial charge in [0.05, 0.1) is 6.61 Å². The lowest BCUT2D eigenvalue weighted by Crippen LogP contribution is -2.61. The molecule has 0 aromatic carbocycles. The topological polar surface area (TPSA) is 175 Å². The van der Waals surface area contributed by atoms with Crippen molar-refractivity contribution in [1.82, 2.24) is 0 Å². The molecular formula is C73H114O12. The molecule has 0 aliphatic carbocycles. The number of carbonyl (C=O) groups is 4. The summed E-state index contributed by atoms with van der Waals surface area (Å²) in [5.41, 5.74) is 0. The molecule has 12 heteroatoms. The highest BCUT2D eigenvalue weighted by atomic mass is 16.7. The first kappa shape index (κ1) is 77.6. The van der Waals surface area contributed by atoms with Gasteiger partial charge in [-0.3, -0.25) is 14.4 Å². The predicted octanol–water partition coefficient (Wildman–Crippen LogP) is 17.9. The molecule has 1 heterocycles.